The molecule has 1 amide bonds. The fourth-order valence-corrected chi connectivity index (χ4v) is 3.38. The number of hydrogen-bond acceptors (Lipinski definition) is 3. The zero-order chi connectivity index (χ0) is 14.4. The molecular formula is C16H30N2O2. The van der Waals surface area contributed by atoms with Crippen LogP contribution in [0.2, 0.25) is 0 Å². The van der Waals surface area contributed by atoms with Gasteiger partial charge in [0.25, 0.3) is 0 Å². The SMILES string of the molecule is CN(CC(=O)N(C)C1CCCCC1)CC1CCCCO1. The Morgan fingerprint density at radius 2 is 1.75 bits per heavy atom. The van der Waals surface area contributed by atoms with Gasteiger partial charge in [-0.05, 0) is 39.2 Å². The first-order valence-electron chi connectivity index (χ1n) is 8.22. The predicted octanol–water partition coefficient (Wildman–Crippen LogP) is 2.28. The van der Waals surface area contributed by atoms with Gasteiger partial charge in [0.15, 0.2) is 0 Å². The van der Waals surface area contributed by atoms with Gasteiger partial charge < -0.3 is 9.64 Å². The Morgan fingerprint density at radius 3 is 2.40 bits per heavy atom. The molecule has 1 unspecified atom stereocenters. The lowest BCUT2D eigenvalue weighted by atomic mass is 9.94. The molecule has 2 fully saturated rings. The zero-order valence-corrected chi connectivity index (χ0v) is 13.1. The maximum atomic E-state index is 12.3. The third-order valence-electron chi connectivity index (χ3n) is 4.71. The highest BCUT2D eigenvalue weighted by molar-refractivity contribution is 5.78. The van der Waals surface area contributed by atoms with Crippen LogP contribution < -0.4 is 0 Å². The van der Waals surface area contributed by atoms with Gasteiger partial charge in [-0.2, -0.15) is 0 Å². The Morgan fingerprint density at radius 1 is 1.05 bits per heavy atom. The maximum absolute atomic E-state index is 12.3. The first kappa shape index (κ1) is 15.8. The van der Waals surface area contributed by atoms with Crippen molar-refractivity contribution in [1.29, 1.82) is 0 Å². The molecule has 2 aliphatic rings. The van der Waals surface area contributed by atoms with Crippen LogP contribution in [0.4, 0.5) is 0 Å². The van der Waals surface area contributed by atoms with Crippen LogP contribution in [-0.4, -0.2) is 61.6 Å². The first-order valence-corrected chi connectivity index (χ1v) is 8.22. The van der Waals surface area contributed by atoms with E-state index in [1.165, 1.54) is 44.9 Å². The molecule has 0 bridgehead atoms. The fraction of sp³-hybridized carbons (Fsp3) is 0.938. The third-order valence-corrected chi connectivity index (χ3v) is 4.71. The molecule has 4 heteroatoms. The van der Waals surface area contributed by atoms with Crippen LogP contribution in [-0.2, 0) is 9.53 Å². The Bertz CT molecular complexity index is 297. The molecule has 20 heavy (non-hydrogen) atoms. The highest BCUT2D eigenvalue weighted by Crippen LogP contribution is 2.21. The largest absolute Gasteiger partial charge is 0.377 e. The molecule has 1 atom stereocenters. The van der Waals surface area contributed by atoms with E-state index in [-0.39, 0.29) is 5.91 Å². The third kappa shape index (κ3) is 4.74. The molecule has 0 spiro atoms. The van der Waals surface area contributed by atoms with Crippen molar-refractivity contribution in [1.82, 2.24) is 9.80 Å². The second-order valence-electron chi connectivity index (χ2n) is 6.48. The highest BCUT2D eigenvalue weighted by atomic mass is 16.5. The molecule has 1 aliphatic carbocycles. The predicted molar refractivity (Wildman–Crippen MR) is 80.7 cm³/mol. The van der Waals surface area contributed by atoms with Crippen molar-refractivity contribution in [3.63, 3.8) is 0 Å². The van der Waals surface area contributed by atoms with Crippen LogP contribution in [0.5, 0.6) is 0 Å². The molecule has 1 aliphatic heterocycles. The average molecular weight is 282 g/mol. The lowest BCUT2D eigenvalue weighted by molar-refractivity contribution is -0.134. The fourth-order valence-electron chi connectivity index (χ4n) is 3.38. The average Bonchev–Trinajstić information content (AvgIpc) is 2.48. The molecule has 1 heterocycles. The van der Waals surface area contributed by atoms with Crippen LogP contribution in [0.25, 0.3) is 0 Å². The molecule has 0 aromatic carbocycles. The second-order valence-corrected chi connectivity index (χ2v) is 6.48. The minimum absolute atomic E-state index is 0.259. The number of carbonyl (C=O) groups excluding carboxylic acids is 1. The Balaban J connectivity index is 1.71. The van der Waals surface area contributed by atoms with Crippen molar-refractivity contribution in [3.8, 4) is 0 Å². The number of hydrogen-bond donors (Lipinski definition) is 0. The summed E-state index contributed by atoms with van der Waals surface area (Å²) in [6, 6.07) is 0.468. The van der Waals surface area contributed by atoms with E-state index in [4.69, 9.17) is 4.74 Å². The van der Waals surface area contributed by atoms with E-state index >= 15 is 0 Å². The Kier molecular flexibility index (Phi) is 6.30. The van der Waals surface area contributed by atoms with Gasteiger partial charge >= 0.3 is 0 Å². The number of rotatable bonds is 5. The second kappa shape index (κ2) is 7.99. The van der Waals surface area contributed by atoms with Gasteiger partial charge in [0.05, 0.1) is 12.6 Å². The zero-order valence-electron chi connectivity index (χ0n) is 13.1. The van der Waals surface area contributed by atoms with Crippen molar-refractivity contribution in [2.75, 3.05) is 33.8 Å². The summed E-state index contributed by atoms with van der Waals surface area (Å²) in [5.41, 5.74) is 0. The molecule has 0 aromatic heterocycles. The summed E-state index contributed by atoms with van der Waals surface area (Å²) in [5, 5.41) is 0. The summed E-state index contributed by atoms with van der Waals surface area (Å²) >= 11 is 0. The summed E-state index contributed by atoms with van der Waals surface area (Å²) in [5.74, 6) is 0.259. The van der Waals surface area contributed by atoms with Gasteiger partial charge in [-0.1, -0.05) is 19.3 Å². The van der Waals surface area contributed by atoms with Crippen LogP contribution in [0.3, 0.4) is 0 Å². The number of carbonyl (C=O) groups is 1. The quantitative estimate of drug-likeness (QED) is 0.775. The summed E-state index contributed by atoms with van der Waals surface area (Å²) in [7, 11) is 4.01. The lowest BCUT2D eigenvalue weighted by Gasteiger charge is -2.33. The van der Waals surface area contributed by atoms with Crippen molar-refractivity contribution in [3.05, 3.63) is 0 Å². The minimum Gasteiger partial charge on any atom is -0.377 e. The van der Waals surface area contributed by atoms with Gasteiger partial charge in [-0.15, -0.1) is 0 Å². The summed E-state index contributed by atoms with van der Waals surface area (Å²) in [4.78, 5) is 16.4. The van der Waals surface area contributed by atoms with E-state index in [0.29, 0.717) is 18.7 Å². The van der Waals surface area contributed by atoms with Gasteiger partial charge in [-0.3, -0.25) is 9.69 Å². The van der Waals surface area contributed by atoms with Crippen LogP contribution >= 0.6 is 0 Å². The first-order chi connectivity index (χ1) is 9.66. The number of likely N-dealkylation sites (N-methyl/N-ethyl adjacent to an activating group) is 2. The van der Waals surface area contributed by atoms with Crippen molar-refractivity contribution < 1.29 is 9.53 Å². The molecule has 1 saturated heterocycles. The van der Waals surface area contributed by atoms with Gasteiger partial charge in [0.1, 0.15) is 0 Å². The van der Waals surface area contributed by atoms with E-state index in [2.05, 4.69) is 4.90 Å². The smallest absolute Gasteiger partial charge is 0.236 e. The lowest BCUT2D eigenvalue weighted by Crippen LogP contribution is -2.45. The van der Waals surface area contributed by atoms with E-state index in [9.17, 15) is 4.79 Å². The Labute approximate surface area is 123 Å². The van der Waals surface area contributed by atoms with Crippen LogP contribution in [0.1, 0.15) is 51.4 Å². The van der Waals surface area contributed by atoms with Crippen molar-refractivity contribution >= 4 is 5.91 Å². The normalized spacial score (nSPS) is 24.9. The molecule has 116 valence electrons. The van der Waals surface area contributed by atoms with E-state index in [1.54, 1.807) is 0 Å². The topological polar surface area (TPSA) is 32.8 Å². The Hall–Kier alpha value is -0.610. The van der Waals surface area contributed by atoms with Crippen molar-refractivity contribution in [2.45, 2.75) is 63.5 Å². The van der Waals surface area contributed by atoms with Gasteiger partial charge in [-0.25, -0.2) is 0 Å². The molecule has 1 saturated carbocycles. The molecule has 2 rings (SSSR count). The molecule has 4 nitrogen and oxygen atoms in total. The molecule has 0 radical (unpaired) electrons. The molecule has 0 aromatic rings. The van der Waals surface area contributed by atoms with E-state index < -0.39 is 0 Å². The summed E-state index contributed by atoms with van der Waals surface area (Å²) < 4.78 is 5.74. The van der Waals surface area contributed by atoms with Gasteiger partial charge in [0, 0.05) is 26.2 Å². The number of amides is 1. The number of ether oxygens (including phenoxy) is 1. The monoisotopic (exact) mass is 282 g/mol. The molecular weight excluding hydrogens is 252 g/mol. The number of nitrogens with zero attached hydrogens (tertiary/aromatic N) is 2. The van der Waals surface area contributed by atoms with E-state index in [1.807, 2.05) is 19.0 Å². The van der Waals surface area contributed by atoms with Crippen LogP contribution in [0, 0.1) is 0 Å². The maximum Gasteiger partial charge on any atom is 0.236 e. The van der Waals surface area contributed by atoms with Gasteiger partial charge in [0.2, 0.25) is 5.91 Å². The summed E-state index contributed by atoms with van der Waals surface area (Å²) in [6.45, 7) is 2.28. The standard InChI is InChI=1S/C16H30N2O2/c1-17(12-15-10-6-7-11-20-15)13-16(19)18(2)14-8-4-3-5-9-14/h14-15H,3-13H2,1-2H3. The highest BCUT2D eigenvalue weighted by Gasteiger charge is 2.23. The van der Waals surface area contributed by atoms with Crippen molar-refractivity contribution in [2.24, 2.45) is 0 Å². The van der Waals surface area contributed by atoms with Crippen LogP contribution in [0.15, 0.2) is 0 Å². The molecule has 0 N–H and O–H groups in total. The summed E-state index contributed by atoms with van der Waals surface area (Å²) in [6.07, 6.45) is 10.1. The van der Waals surface area contributed by atoms with E-state index in [0.717, 1.165) is 19.6 Å². The minimum atomic E-state index is 0.259.